The van der Waals surface area contributed by atoms with Gasteiger partial charge in [0, 0.05) is 12.1 Å². The maximum atomic E-state index is 11.4. The number of hydrogen-bond donors (Lipinski definition) is 0. The summed E-state index contributed by atoms with van der Waals surface area (Å²) < 4.78 is 24.8. The lowest BCUT2D eigenvalue weighted by atomic mass is 10.0. The molecule has 1 aliphatic heterocycles. The van der Waals surface area contributed by atoms with Crippen LogP contribution in [0.25, 0.3) is 5.52 Å². The monoisotopic (exact) mass is 284 g/mol. The zero-order valence-corrected chi connectivity index (χ0v) is 11.3. The van der Waals surface area contributed by atoms with Crippen molar-refractivity contribution in [3.8, 4) is 0 Å². The molecule has 0 radical (unpaired) electrons. The quantitative estimate of drug-likeness (QED) is 0.807. The smallest absolute Gasteiger partial charge is 0.155 e. The molecule has 96 valence electrons. The minimum absolute atomic E-state index is 0.177. The second-order valence-corrected chi connectivity index (χ2v) is 7.30. The predicted octanol–water partition coefficient (Wildman–Crippen LogP) is 2.28. The zero-order valence-electron chi connectivity index (χ0n) is 9.71. The topological polar surface area (TPSA) is 51.4 Å². The van der Waals surface area contributed by atoms with Crippen LogP contribution >= 0.6 is 11.6 Å². The highest BCUT2D eigenvalue weighted by atomic mass is 35.5. The Morgan fingerprint density at radius 1 is 1.28 bits per heavy atom. The van der Waals surface area contributed by atoms with Crippen molar-refractivity contribution in [3.05, 3.63) is 35.4 Å². The Morgan fingerprint density at radius 3 is 2.72 bits per heavy atom. The van der Waals surface area contributed by atoms with E-state index in [0.29, 0.717) is 18.0 Å². The lowest BCUT2D eigenvalue weighted by molar-refractivity contribution is 0.536. The first-order chi connectivity index (χ1) is 8.57. The van der Waals surface area contributed by atoms with Crippen LogP contribution in [-0.2, 0) is 9.84 Å². The molecule has 2 aromatic heterocycles. The molecule has 0 unspecified atom stereocenters. The van der Waals surface area contributed by atoms with Crippen molar-refractivity contribution in [2.75, 3.05) is 11.5 Å². The van der Waals surface area contributed by atoms with Gasteiger partial charge in [0.25, 0.3) is 0 Å². The standard InChI is InChI=1S/C12H13ClN2O2S/c13-11-10-3-1-2-6-15(10)12(14-11)9-4-7-18(16,17)8-5-9/h1-3,6,9H,4-5,7-8H2. The molecule has 0 saturated carbocycles. The Bertz CT molecular complexity index is 679. The highest BCUT2D eigenvalue weighted by Crippen LogP contribution is 2.31. The summed E-state index contributed by atoms with van der Waals surface area (Å²) in [6, 6.07) is 5.75. The molecule has 0 amide bonds. The molecule has 3 rings (SSSR count). The van der Waals surface area contributed by atoms with Crippen LogP contribution in [0.15, 0.2) is 24.4 Å². The van der Waals surface area contributed by atoms with E-state index in [2.05, 4.69) is 4.98 Å². The van der Waals surface area contributed by atoms with Gasteiger partial charge in [0.2, 0.25) is 0 Å². The number of imidazole rings is 1. The SMILES string of the molecule is O=S1(=O)CCC(c2nc(Cl)c3ccccn23)CC1. The number of hydrogen-bond acceptors (Lipinski definition) is 3. The summed E-state index contributed by atoms with van der Waals surface area (Å²) in [6.07, 6.45) is 3.19. The number of pyridine rings is 1. The molecule has 1 aliphatic rings. The Balaban J connectivity index is 2.01. The molecule has 0 atom stereocenters. The molecule has 0 spiro atoms. The van der Waals surface area contributed by atoms with Crippen LogP contribution in [0.3, 0.4) is 0 Å². The van der Waals surface area contributed by atoms with Crippen LogP contribution < -0.4 is 0 Å². The summed E-state index contributed by atoms with van der Waals surface area (Å²) >= 11 is 6.10. The molecule has 2 aromatic rings. The number of aromatic nitrogens is 2. The molecular weight excluding hydrogens is 272 g/mol. The van der Waals surface area contributed by atoms with Gasteiger partial charge >= 0.3 is 0 Å². The first kappa shape index (κ1) is 12.0. The first-order valence-electron chi connectivity index (χ1n) is 5.90. The molecule has 0 N–H and O–H groups in total. The Morgan fingerprint density at radius 2 is 2.00 bits per heavy atom. The van der Waals surface area contributed by atoms with Crippen LogP contribution in [0.1, 0.15) is 24.6 Å². The van der Waals surface area contributed by atoms with E-state index in [0.717, 1.165) is 11.3 Å². The second kappa shape index (κ2) is 4.24. The van der Waals surface area contributed by atoms with Crippen molar-refractivity contribution in [2.24, 2.45) is 0 Å². The molecule has 3 heterocycles. The highest BCUT2D eigenvalue weighted by Gasteiger charge is 2.28. The molecule has 0 aromatic carbocycles. The van der Waals surface area contributed by atoms with Gasteiger partial charge in [-0.1, -0.05) is 17.7 Å². The lowest BCUT2D eigenvalue weighted by Crippen LogP contribution is -2.23. The van der Waals surface area contributed by atoms with Crippen molar-refractivity contribution in [3.63, 3.8) is 0 Å². The van der Waals surface area contributed by atoms with Gasteiger partial charge in [-0.25, -0.2) is 13.4 Å². The molecular formula is C12H13ClN2O2S. The van der Waals surface area contributed by atoms with Crippen LogP contribution in [0.2, 0.25) is 5.15 Å². The van der Waals surface area contributed by atoms with E-state index in [4.69, 9.17) is 11.6 Å². The molecule has 0 aliphatic carbocycles. The molecule has 18 heavy (non-hydrogen) atoms. The summed E-state index contributed by atoms with van der Waals surface area (Å²) in [6.45, 7) is 0. The van der Waals surface area contributed by atoms with Crippen molar-refractivity contribution in [1.29, 1.82) is 0 Å². The Labute approximate surface area is 111 Å². The van der Waals surface area contributed by atoms with Gasteiger partial charge in [0.1, 0.15) is 15.7 Å². The first-order valence-corrected chi connectivity index (χ1v) is 8.10. The van der Waals surface area contributed by atoms with E-state index in [1.54, 1.807) is 0 Å². The van der Waals surface area contributed by atoms with Crippen LogP contribution in [0, 0.1) is 0 Å². The van der Waals surface area contributed by atoms with Gasteiger partial charge in [-0.05, 0) is 25.0 Å². The van der Waals surface area contributed by atoms with E-state index >= 15 is 0 Å². The van der Waals surface area contributed by atoms with Crippen LogP contribution in [0.4, 0.5) is 0 Å². The number of sulfone groups is 1. The average Bonchev–Trinajstić information content (AvgIpc) is 2.68. The highest BCUT2D eigenvalue weighted by molar-refractivity contribution is 7.91. The molecule has 1 fully saturated rings. The van der Waals surface area contributed by atoms with Crippen molar-refractivity contribution in [2.45, 2.75) is 18.8 Å². The maximum Gasteiger partial charge on any atom is 0.155 e. The van der Waals surface area contributed by atoms with Gasteiger partial charge in [-0.3, -0.25) is 0 Å². The largest absolute Gasteiger partial charge is 0.302 e. The van der Waals surface area contributed by atoms with Gasteiger partial charge < -0.3 is 4.40 Å². The summed E-state index contributed by atoms with van der Waals surface area (Å²) in [5.41, 5.74) is 0.877. The van der Waals surface area contributed by atoms with Gasteiger partial charge in [-0.15, -0.1) is 0 Å². The van der Waals surface area contributed by atoms with Gasteiger partial charge in [0.15, 0.2) is 5.15 Å². The third-order valence-electron chi connectivity index (χ3n) is 3.45. The molecule has 1 saturated heterocycles. The fourth-order valence-electron chi connectivity index (χ4n) is 2.46. The Kier molecular flexibility index (Phi) is 2.83. The molecule has 0 bridgehead atoms. The summed E-state index contributed by atoms with van der Waals surface area (Å²) in [5, 5.41) is 0.485. The van der Waals surface area contributed by atoms with E-state index in [1.807, 2.05) is 28.8 Å². The zero-order chi connectivity index (χ0) is 12.8. The van der Waals surface area contributed by atoms with Gasteiger partial charge in [0.05, 0.1) is 17.0 Å². The van der Waals surface area contributed by atoms with Crippen molar-refractivity contribution >= 4 is 27.0 Å². The summed E-state index contributed by atoms with van der Waals surface area (Å²) in [5.74, 6) is 1.55. The molecule has 6 heteroatoms. The predicted molar refractivity (Wildman–Crippen MR) is 70.8 cm³/mol. The normalized spacial score (nSPS) is 20.3. The maximum absolute atomic E-state index is 11.4. The van der Waals surface area contributed by atoms with E-state index in [9.17, 15) is 8.42 Å². The number of nitrogens with zero attached hydrogens (tertiary/aromatic N) is 2. The third kappa shape index (κ3) is 2.01. The third-order valence-corrected chi connectivity index (χ3v) is 5.44. The summed E-state index contributed by atoms with van der Waals surface area (Å²) in [7, 11) is -2.84. The fourth-order valence-corrected chi connectivity index (χ4v) is 4.19. The van der Waals surface area contributed by atoms with Crippen LogP contribution in [0.5, 0.6) is 0 Å². The number of rotatable bonds is 1. The Hall–Kier alpha value is -1.07. The number of fused-ring (bicyclic) bond motifs is 1. The van der Waals surface area contributed by atoms with E-state index in [-0.39, 0.29) is 17.4 Å². The van der Waals surface area contributed by atoms with Gasteiger partial charge in [-0.2, -0.15) is 0 Å². The molecule has 4 nitrogen and oxygen atoms in total. The van der Waals surface area contributed by atoms with Crippen molar-refractivity contribution < 1.29 is 8.42 Å². The minimum atomic E-state index is -2.84. The van der Waals surface area contributed by atoms with Crippen molar-refractivity contribution in [1.82, 2.24) is 9.38 Å². The minimum Gasteiger partial charge on any atom is -0.302 e. The van der Waals surface area contributed by atoms with E-state index < -0.39 is 9.84 Å². The fraction of sp³-hybridized carbons (Fsp3) is 0.417. The van der Waals surface area contributed by atoms with E-state index in [1.165, 1.54) is 0 Å². The second-order valence-electron chi connectivity index (χ2n) is 4.64. The average molecular weight is 285 g/mol. The van der Waals surface area contributed by atoms with Crippen LogP contribution in [-0.4, -0.2) is 29.3 Å². The lowest BCUT2D eigenvalue weighted by Gasteiger charge is -2.20. The summed E-state index contributed by atoms with van der Waals surface area (Å²) in [4.78, 5) is 4.39. The number of halogens is 1.